The van der Waals surface area contributed by atoms with Gasteiger partial charge in [0.25, 0.3) is 5.91 Å². The Labute approximate surface area is 154 Å². The minimum absolute atomic E-state index is 0.00324. The van der Waals surface area contributed by atoms with Gasteiger partial charge in [-0.05, 0) is 49.1 Å². The van der Waals surface area contributed by atoms with E-state index in [0.29, 0.717) is 18.2 Å². The highest BCUT2D eigenvalue weighted by Gasteiger charge is 2.29. The van der Waals surface area contributed by atoms with Crippen LogP contribution >= 0.6 is 0 Å². The molecule has 2 aromatic carbocycles. The Bertz CT molecular complexity index is 926. The fourth-order valence-corrected chi connectivity index (χ4v) is 3.21. The van der Waals surface area contributed by atoms with Crippen LogP contribution in [0.25, 0.3) is 5.69 Å². The van der Waals surface area contributed by atoms with Crippen LogP contribution in [0.4, 0.5) is 0 Å². The lowest BCUT2D eigenvalue weighted by molar-refractivity contribution is 0.0776. The number of hydrogen-bond acceptors (Lipinski definition) is 2. The summed E-state index contributed by atoms with van der Waals surface area (Å²) in [6.07, 6.45) is 2.33. The van der Waals surface area contributed by atoms with Crippen LogP contribution in [-0.2, 0) is 6.54 Å². The van der Waals surface area contributed by atoms with Gasteiger partial charge in [-0.15, -0.1) is 0 Å². The summed E-state index contributed by atoms with van der Waals surface area (Å²) in [7, 11) is 1.86. The van der Waals surface area contributed by atoms with Crippen LogP contribution in [0, 0.1) is 6.92 Å². The monoisotopic (exact) mass is 345 g/mol. The maximum atomic E-state index is 13.2. The first-order chi connectivity index (χ1) is 12.6. The highest BCUT2D eigenvalue weighted by atomic mass is 16.2. The molecule has 1 aromatic heterocycles. The lowest BCUT2D eigenvalue weighted by Gasteiger charge is -2.19. The quantitative estimate of drug-likeness (QED) is 0.690. The van der Waals surface area contributed by atoms with E-state index in [4.69, 9.17) is 5.10 Å². The van der Waals surface area contributed by atoms with Gasteiger partial charge in [-0.25, -0.2) is 4.68 Å². The normalized spacial score (nSPS) is 13.6. The molecule has 132 valence electrons. The second-order valence-electron chi connectivity index (χ2n) is 7.06. The predicted octanol–water partition coefficient (Wildman–Crippen LogP) is 4.33. The van der Waals surface area contributed by atoms with Crippen molar-refractivity contribution in [1.82, 2.24) is 14.7 Å². The van der Waals surface area contributed by atoms with E-state index in [1.54, 1.807) is 9.58 Å². The van der Waals surface area contributed by atoms with E-state index in [-0.39, 0.29) is 5.91 Å². The number of hydrogen-bond donors (Lipinski definition) is 0. The summed E-state index contributed by atoms with van der Waals surface area (Å²) in [6.45, 7) is 2.66. The van der Waals surface area contributed by atoms with Crippen molar-refractivity contribution in [2.45, 2.75) is 32.2 Å². The lowest BCUT2D eigenvalue weighted by Crippen LogP contribution is -2.28. The van der Waals surface area contributed by atoms with Crippen molar-refractivity contribution in [3.63, 3.8) is 0 Å². The maximum Gasteiger partial charge on any atom is 0.272 e. The molecule has 1 aliphatic rings. The molecule has 4 nitrogen and oxygen atoms in total. The summed E-state index contributed by atoms with van der Waals surface area (Å²) in [5, 5.41) is 4.74. The van der Waals surface area contributed by atoms with Crippen molar-refractivity contribution in [2.75, 3.05) is 7.05 Å². The molecule has 26 heavy (non-hydrogen) atoms. The standard InChI is InChI=1S/C22H23N3O/c1-16-8-6-7-9-18(16)15-24(2)22(26)21-14-20(17-12-13-17)23-25(21)19-10-4-3-5-11-19/h3-11,14,17H,12-13,15H2,1-2H3. The summed E-state index contributed by atoms with van der Waals surface area (Å²) in [5.41, 5.74) is 4.95. The molecule has 0 N–H and O–H groups in total. The second-order valence-corrected chi connectivity index (χ2v) is 7.06. The summed E-state index contributed by atoms with van der Waals surface area (Å²) < 4.78 is 1.80. The maximum absolute atomic E-state index is 13.2. The number of carbonyl (C=O) groups is 1. The fraction of sp³-hybridized carbons (Fsp3) is 0.273. The minimum atomic E-state index is -0.00324. The van der Waals surface area contributed by atoms with E-state index in [0.717, 1.165) is 16.9 Å². The number of benzene rings is 2. The third-order valence-electron chi connectivity index (χ3n) is 4.96. The Morgan fingerprint density at radius 2 is 1.81 bits per heavy atom. The van der Waals surface area contributed by atoms with Gasteiger partial charge in [0.05, 0.1) is 11.4 Å². The topological polar surface area (TPSA) is 38.1 Å². The van der Waals surface area contributed by atoms with Crippen LogP contribution in [0.2, 0.25) is 0 Å². The molecule has 0 atom stereocenters. The van der Waals surface area contributed by atoms with E-state index in [2.05, 4.69) is 19.1 Å². The third kappa shape index (κ3) is 3.27. The van der Waals surface area contributed by atoms with Gasteiger partial charge >= 0.3 is 0 Å². The van der Waals surface area contributed by atoms with Gasteiger partial charge in [-0.3, -0.25) is 4.79 Å². The van der Waals surface area contributed by atoms with Gasteiger partial charge < -0.3 is 4.90 Å². The van der Waals surface area contributed by atoms with E-state index in [1.807, 2.05) is 55.6 Å². The number of nitrogens with zero attached hydrogens (tertiary/aromatic N) is 3. The van der Waals surface area contributed by atoms with Crippen LogP contribution in [0.15, 0.2) is 60.7 Å². The summed E-state index contributed by atoms with van der Waals surface area (Å²) in [6, 6.07) is 20.0. The molecule has 1 heterocycles. The van der Waals surface area contributed by atoms with Gasteiger partial charge in [0.1, 0.15) is 5.69 Å². The first-order valence-corrected chi connectivity index (χ1v) is 9.09. The smallest absolute Gasteiger partial charge is 0.272 e. The van der Waals surface area contributed by atoms with Gasteiger partial charge in [0.2, 0.25) is 0 Å². The Hall–Kier alpha value is -2.88. The Morgan fingerprint density at radius 3 is 2.50 bits per heavy atom. The summed E-state index contributed by atoms with van der Waals surface area (Å²) in [5.74, 6) is 0.504. The lowest BCUT2D eigenvalue weighted by atomic mass is 10.1. The largest absolute Gasteiger partial charge is 0.336 e. The van der Waals surface area contributed by atoms with Crippen LogP contribution < -0.4 is 0 Å². The van der Waals surface area contributed by atoms with Crippen LogP contribution in [0.1, 0.15) is 46.1 Å². The van der Waals surface area contributed by atoms with E-state index >= 15 is 0 Å². The van der Waals surface area contributed by atoms with Crippen molar-refractivity contribution < 1.29 is 4.79 Å². The molecule has 3 aromatic rings. The fourth-order valence-electron chi connectivity index (χ4n) is 3.21. The molecule has 0 spiro atoms. The SMILES string of the molecule is Cc1ccccc1CN(C)C(=O)c1cc(C2CC2)nn1-c1ccccc1. The number of aromatic nitrogens is 2. The average molecular weight is 345 g/mol. The number of aryl methyl sites for hydroxylation is 1. The molecule has 0 bridgehead atoms. The van der Waals surface area contributed by atoms with E-state index in [9.17, 15) is 4.79 Å². The van der Waals surface area contributed by atoms with Crippen molar-refractivity contribution >= 4 is 5.91 Å². The molecule has 0 unspecified atom stereocenters. The highest BCUT2D eigenvalue weighted by Crippen LogP contribution is 2.39. The number of carbonyl (C=O) groups excluding carboxylic acids is 1. The predicted molar refractivity (Wildman–Crippen MR) is 103 cm³/mol. The summed E-state index contributed by atoms with van der Waals surface area (Å²) >= 11 is 0. The van der Waals surface area contributed by atoms with Crippen molar-refractivity contribution in [1.29, 1.82) is 0 Å². The average Bonchev–Trinajstić information content (AvgIpc) is 3.42. The van der Waals surface area contributed by atoms with E-state index < -0.39 is 0 Å². The van der Waals surface area contributed by atoms with Crippen LogP contribution in [0.5, 0.6) is 0 Å². The molecule has 1 amide bonds. The molecule has 1 saturated carbocycles. The Morgan fingerprint density at radius 1 is 1.12 bits per heavy atom. The molecular weight excluding hydrogens is 322 g/mol. The second kappa shape index (κ2) is 6.79. The molecular formula is C22H23N3O. The van der Waals surface area contributed by atoms with Crippen LogP contribution in [-0.4, -0.2) is 27.6 Å². The van der Waals surface area contributed by atoms with E-state index in [1.165, 1.54) is 18.4 Å². The number of amides is 1. The molecule has 4 heteroatoms. The first kappa shape index (κ1) is 16.6. The van der Waals surface area contributed by atoms with Crippen molar-refractivity contribution in [3.05, 3.63) is 83.2 Å². The zero-order valence-electron chi connectivity index (χ0n) is 15.2. The molecule has 1 aliphatic carbocycles. The zero-order valence-corrected chi connectivity index (χ0v) is 15.2. The van der Waals surface area contributed by atoms with Crippen molar-refractivity contribution in [2.24, 2.45) is 0 Å². The Balaban J connectivity index is 1.65. The minimum Gasteiger partial charge on any atom is -0.336 e. The molecule has 0 aliphatic heterocycles. The molecule has 4 rings (SSSR count). The van der Waals surface area contributed by atoms with Gasteiger partial charge in [0, 0.05) is 19.5 Å². The first-order valence-electron chi connectivity index (χ1n) is 9.09. The molecule has 0 radical (unpaired) electrons. The Kier molecular flexibility index (Phi) is 4.33. The molecule has 1 fully saturated rings. The zero-order chi connectivity index (χ0) is 18.1. The highest BCUT2D eigenvalue weighted by molar-refractivity contribution is 5.93. The van der Waals surface area contributed by atoms with Crippen molar-refractivity contribution in [3.8, 4) is 5.69 Å². The van der Waals surface area contributed by atoms with Crippen LogP contribution in [0.3, 0.4) is 0 Å². The summed E-state index contributed by atoms with van der Waals surface area (Å²) in [4.78, 5) is 14.9. The van der Waals surface area contributed by atoms with Gasteiger partial charge in [0.15, 0.2) is 0 Å². The number of rotatable bonds is 5. The number of para-hydroxylation sites is 1. The van der Waals surface area contributed by atoms with Gasteiger partial charge in [-0.2, -0.15) is 5.10 Å². The molecule has 0 saturated heterocycles. The van der Waals surface area contributed by atoms with Gasteiger partial charge in [-0.1, -0.05) is 42.5 Å². The third-order valence-corrected chi connectivity index (χ3v) is 4.96.